The van der Waals surface area contributed by atoms with Crippen molar-refractivity contribution in [2.45, 2.75) is 20.4 Å². The third kappa shape index (κ3) is 3.53. The Morgan fingerprint density at radius 1 is 1.15 bits per heavy atom. The summed E-state index contributed by atoms with van der Waals surface area (Å²) >= 11 is 1.79. The highest BCUT2D eigenvalue weighted by atomic mass is 32.1. The van der Waals surface area contributed by atoms with Crippen LogP contribution in [0.25, 0.3) is 10.2 Å². The van der Waals surface area contributed by atoms with Crippen LogP contribution in [0.2, 0.25) is 0 Å². The first kappa shape index (κ1) is 18.0. The number of amides is 1. The van der Waals surface area contributed by atoms with Crippen LogP contribution in [0.1, 0.15) is 27.9 Å². The van der Waals surface area contributed by atoms with Crippen molar-refractivity contribution in [1.82, 2.24) is 19.7 Å². The van der Waals surface area contributed by atoms with E-state index in [0.29, 0.717) is 0 Å². The maximum Gasteiger partial charge on any atom is 0.270 e. The minimum Gasteiger partial charge on any atom is -0.379 e. The Hall–Kier alpha value is -1.41. The molecule has 2 aromatic heterocycles. The number of rotatable bonds is 4. The second-order valence-electron chi connectivity index (χ2n) is 7.17. The van der Waals surface area contributed by atoms with E-state index in [9.17, 15) is 4.79 Å². The summed E-state index contributed by atoms with van der Waals surface area (Å²) in [4.78, 5) is 24.5. The Morgan fingerprint density at radius 3 is 2.58 bits per heavy atom. The van der Waals surface area contributed by atoms with Crippen molar-refractivity contribution in [3.05, 3.63) is 22.2 Å². The number of H-pyrrole nitrogens is 1. The van der Waals surface area contributed by atoms with Gasteiger partial charge < -0.3 is 19.5 Å². The second-order valence-corrected chi connectivity index (χ2v) is 8.43. The number of fused-ring (bicyclic) bond motifs is 1. The van der Waals surface area contributed by atoms with E-state index in [0.717, 1.165) is 76.8 Å². The van der Waals surface area contributed by atoms with Gasteiger partial charge >= 0.3 is 0 Å². The van der Waals surface area contributed by atoms with Crippen LogP contribution < -0.4 is 0 Å². The van der Waals surface area contributed by atoms with Crippen LogP contribution in [-0.2, 0) is 11.3 Å². The summed E-state index contributed by atoms with van der Waals surface area (Å²) in [5.41, 5.74) is 3.22. The van der Waals surface area contributed by atoms with Crippen LogP contribution in [0, 0.1) is 6.92 Å². The van der Waals surface area contributed by atoms with Gasteiger partial charge in [0.15, 0.2) is 0 Å². The van der Waals surface area contributed by atoms with Crippen LogP contribution >= 0.6 is 11.3 Å². The van der Waals surface area contributed by atoms with Gasteiger partial charge in [-0.15, -0.1) is 11.3 Å². The minimum atomic E-state index is 0.138. The largest absolute Gasteiger partial charge is 0.379 e. The van der Waals surface area contributed by atoms with E-state index in [2.05, 4.69) is 28.6 Å². The van der Waals surface area contributed by atoms with Gasteiger partial charge in [0.25, 0.3) is 5.91 Å². The maximum atomic E-state index is 12.9. The molecule has 2 saturated heterocycles. The quantitative estimate of drug-likeness (QED) is 0.888. The molecule has 0 aliphatic carbocycles. The van der Waals surface area contributed by atoms with Crippen LogP contribution in [-0.4, -0.2) is 84.6 Å². The first-order valence-electron chi connectivity index (χ1n) is 9.58. The molecule has 0 unspecified atom stereocenters. The first-order valence-corrected chi connectivity index (χ1v) is 10.4. The fraction of sp³-hybridized carbons (Fsp3) is 0.632. The summed E-state index contributed by atoms with van der Waals surface area (Å²) < 4.78 is 6.65. The van der Waals surface area contributed by atoms with Crippen molar-refractivity contribution in [3.63, 3.8) is 0 Å². The van der Waals surface area contributed by atoms with Gasteiger partial charge in [0.1, 0.15) is 5.69 Å². The number of morpholine rings is 1. The van der Waals surface area contributed by atoms with Crippen LogP contribution in [0.4, 0.5) is 0 Å². The zero-order valence-corrected chi connectivity index (χ0v) is 16.5. The summed E-state index contributed by atoms with van der Waals surface area (Å²) in [6.45, 7) is 13.5. The van der Waals surface area contributed by atoms with Crippen molar-refractivity contribution in [2.24, 2.45) is 0 Å². The van der Waals surface area contributed by atoms with Gasteiger partial charge in [-0.05, 0) is 19.5 Å². The van der Waals surface area contributed by atoms with E-state index in [1.807, 2.05) is 11.0 Å². The summed E-state index contributed by atoms with van der Waals surface area (Å²) in [6, 6.07) is 2.05. The molecule has 0 bridgehead atoms. The number of aryl methyl sites for hydroxylation is 1. The molecule has 142 valence electrons. The van der Waals surface area contributed by atoms with Crippen molar-refractivity contribution in [1.29, 1.82) is 0 Å². The number of likely N-dealkylation sites (N-methyl/N-ethyl adjacent to an activating group) is 1. The fourth-order valence-electron chi connectivity index (χ4n) is 3.87. The smallest absolute Gasteiger partial charge is 0.270 e. The van der Waals surface area contributed by atoms with Crippen molar-refractivity contribution in [3.8, 4) is 0 Å². The number of nitrogens with zero attached hydrogens (tertiary/aromatic N) is 3. The number of piperazine rings is 1. The molecule has 4 rings (SSSR count). The van der Waals surface area contributed by atoms with Gasteiger partial charge in [-0.1, -0.05) is 6.92 Å². The lowest BCUT2D eigenvalue weighted by atomic mass is 10.2. The molecule has 2 aromatic rings. The average Bonchev–Trinajstić information content (AvgIpc) is 3.21. The number of thiophene rings is 1. The fourth-order valence-corrected chi connectivity index (χ4v) is 4.94. The molecule has 26 heavy (non-hydrogen) atoms. The molecule has 2 fully saturated rings. The number of carbonyl (C=O) groups is 1. The Morgan fingerprint density at radius 2 is 1.88 bits per heavy atom. The average molecular weight is 377 g/mol. The predicted molar refractivity (Wildman–Crippen MR) is 105 cm³/mol. The number of hydrogen-bond donors (Lipinski definition) is 1. The van der Waals surface area contributed by atoms with E-state index in [1.165, 1.54) is 15.1 Å². The summed E-state index contributed by atoms with van der Waals surface area (Å²) in [7, 11) is 0. The van der Waals surface area contributed by atoms with Crippen LogP contribution in [0.5, 0.6) is 0 Å². The molecular weight excluding hydrogens is 348 g/mol. The minimum absolute atomic E-state index is 0.138. The molecular formula is C19H28N4O2S. The zero-order chi connectivity index (χ0) is 18.1. The normalized spacial score (nSPS) is 20.2. The van der Waals surface area contributed by atoms with E-state index in [-0.39, 0.29) is 5.91 Å². The molecule has 1 amide bonds. The first-order chi connectivity index (χ1) is 12.7. The van der Waals surface area contributed by atoms with Gasteiger partial charge in [0, 0.05) is 56.3 Å². The molecule has 6 nitrogen and oxygen atoms in total. The Labute approximate surface area is 158 Å². The van der Waals surface area contributed by atoms with Gasteiger partial charge in [-0.25, -0.2) is 0 Å². The van der Waals surface area contributed by atoms with Crippen LogP contribution in [0.15, 0.2) is 6.07 Å². The lowest BCUT2D eigenvalue weighted by Crippen LogP contribution is -2.48. The number of aromatic nitrogens is 1. The predicted octanol–water partition coefficient (Wildman–Crippen LogP) is 2.15. The molecule has 1 N–H and O–H groups in total. The molecule has 0 atom stereocenters. The standard InChI is InChI=1S/C19H28N4O2S/c1-3-21-4-6-23(7-5-21)19(24)16-12-17-18(20-16)15(14(2)26-17)13-22-8-10-25-11-9-22/h12,20H,3-11,13H2,1-2H3. The lowest BCUT2D eigenvalue weighted by molar-refractivity contribution is 0.0343. The highest BCUT2D eigenvalue weighted by Gasteiger charge is 2.24. The lowest BCUT2D eigenvalue weighted by Gasteiger charge is -2.33. The van der Waals surface area contributed by atoms with Gasteiger partial charge in [-0.3, -0.25) is 9.69 Å². The number of hydrogen-bond acceptors (Lipinski definition) is 5. The van der Waals surface area contributed by atoms with E-state index >= 15 is 0 Å². The third-order valence-corrected chi connectivity index (χ3v) is 6.69. The SMILES string of the molecule is CCN1CCN(C(=O)c2cc3sc(C)c(CN4CCOCC4)c3[nH]2)CC1. The number of ether oxygens (including phenoxy) is 1. The highest BCUT2D eigenvalue weighted by Crippen LogP contribution is 2.32. The van der Waals surface area contributed by atoms with Gasteiger partial charge in [0.05, 0.1) is 23.4 Å². The van der Waals surface area contributed by atoms with Gasteiger partial charge in [0.2, 0.25) is 0 Å². The maximum absolute atomic E-state index is 12.9. The Kier molecular flexibility index (Phi) is 5.31. The molecule has 2 aliphatic heterocycles. The van der Waals surface area contributed by atoms with Crippen molar-refractivity contribution < 1.29 is 9.53 Å². The van der Waals surface area contributed by atoms with Crippen LogP contribution in [0.3, 0.4) is 0 Å². The summed E-state index contributed by atoms with van der Waals surface area (Å²) in [6.07, 6.45) is 0. The third-order valence-electron chi connectivity index (χ3n) is 5.59. The number of aromatic amines is 1. The monoisotopic (exact) mass is 376 g/mol. The summed E-state index contributed by atoms with van der Waals surface area (Å²) in [5.74, 6) is 0.138. The van der Waals surface area contributed by atoms with E-state index in [1.54, 1.807) is 11.3 Å². The Balaban J connectivity index is 1.51. The van der Waals surface area contributed by atoms with E-state index in [4.69, 9.17) is 4.74 Å². The number of carbonyl (C=O) groups excluding carboxylic acids is 1. The molecule has 7 heteroatoms. The van der Waals surface area contributed by atoms with Gasteiger partial charge in [-0.2, -0.15) is 0 Å². The van der Waals surface area contributed by atoms with E-state index < -0.39 is 0 Å². The zero-order valence-electron chi connectivity index (χ0n) is 15.7. The topological polar surface area (TPSA) is 51.8 Å². The molecule has 0 spiro atoms. The molecule has 0 radical (unpaired) electrons. The molecule has 2 aliphatic rings. The molecule has 4 heterocycles. The van der Waals surface area contributed by atoms with Crippen molar-refractivity contribution >= 4 is 27.5 Å². The number of nitrogens with one attached hydrogen (secondary N) is 1. The molecule has 0 aromatic carbocycles. The highest BCUT2D eigenvalue weighted by molar-refractivity contribution is 7.19. The molecule has 0 saturated carbocycles. The van der Waals surface area contributed by atoms with Crippen molar-refractivity contribution in [2.75, 3.05) is 59.0 Å². The summed E-state index contributed by atoms with van der Waals surface area (Å²) in [5, 5.41) is 0. The second kappa shape index (κ2) is 7.68. The Bertz CT molecular complexity index is 770.